The summed E-state index contributed by atoms with van der Waals surface area (Å²) in [6.07, 6.45) is 0. The standard InChI is InChI=1S/C24H27N3O/c1-14-6-8-19(9-7-14)20-12-27(13-20)24(28)22-11-21(15(2)10-16(22)3)23-17(4)18(5)25-26-23/h6-11,20H,12-13H2,1-5H3,(H,25,26). The number of nitrogens with zero attached hydrogens (tertiary/aromatic N) is 2. The average molecular weight is 374 g/mol. The Labute approximate surface area is 166 Å². The molecule has 0 spiro atoms. The zero-order chi connectivity index (χ0) is 20.0. The third kappa shape index (κ3) is 3.13. The number of aryl methyl sites for hydroxylation is 4. The molecule has 2 aromatic carbocycles. The molecular formula is C24H27N3O. The number of amides is 1. The van der Waals surface area contributed by atoms with Crippen molar-refractivity contribution in [3.63, 3.8) is 0 Å². The molecule has 1 saturated heterocycles. The monoisotopic (exact) mass is 373 g/mol. The Bertz CT molecular complexity index is 1040. The van der Waals surface area contributed by atoms with Crippen molar-refractivity contribution in [1.82, 2.24) is 15.1 Å². The van der Waals surface area contributed by atoms with Crippen LogP contribution in [0, 0.1) is 34.6 Å². The van der Waals surface area contributed by atoms with Crippen LogP contribution in [0.4, 0.5) is 0 Å². The van der Waals surface area contributed by atoms with Crippen molar-refractivity contribution in [2.75, 3.05) is 13.1 Å². The van der Waals surface area contributed by atoms with Gasteiger partial charge in [0.15, 0.2) is 0 Å². The van der Waals surface area contributed by atoms with E-state index in [0.717, 1.165) is 52.3 Å². The Morgan fingerprint density at radius 3 is 2.29 bits per heavy atom. The van der Waals surface area contributed by atoms with Crippen LogP contribution in [0.5, 0.6) is 0 Å². The minimum atomic E-state index is 0.121. The molecule has 1 N–H and O–H groups in total. The Morgan fingerprint density at radius 1 is 1.00 bits per heavy atom. The maximum absolute atomic E-state index is 13.2. The number of likely N-dealkylation sites (tertiary alicyclic amines) is 1. The SMILES string of the molecule is Cc1ccc(C2CN(C(=O)c3cc(-c4[nH]nc(C)c4C)c(C)cc3C)C2)cc1. The molecule has 0 atom stereocenters. The third-order valence-corrected chi connectivity index (χ3v) is 6.04. The fourth-order valence-electron chi connectivity index (χ4n) is 3.97. The van der Waals surface area contributed by atoms with Crippen molar-refractivity contribution >= 4 is 5.91 Å². The minimum absolute atomic E-state index is 0.121. The van der Waals surface area contributed by atoms with Crippen molar-refractivity contribution in [3.8, 4) is 11.3 Å². The van der Waals surface area contributed by atoms with Gasteiger partial charge in [0.05, 0.1) is 11.4 Å². The van der Waals surface area contributed by atoms with Gasteiger partial charge in [-0.3, -0.25) is 9.89 Å². The number of H-pyrrole nitrogens is 1. The first-order chi connectivity index (χ1) is 13.3. The summed E-state index contributed by atoms with van der Waals surface area (Å²) in [5.41, 5.74) is 9.74. The van der Waals surface area contributed by atoms with Gasteiger partial charge in [-0.05, 0) is 62.9 Å². The van der Waals surface area contributed by atoms with Gasteiger partial charge in [-0.1, -0.05) is 35.9 Å². The lowest BCUT2D eigenvalue weighted by Gasteiger charge is -2.40. The van der Waals surface area contributed by atoms with Gasteiger partial charge in [0.2, 0.25) is 0 Å². The van der Waals surface area contributed by atoms with E-state index in [0.29, 0.717) is 5.92 Å². The first-order valence-corrected chi connectivity index (χ1v) is 9.84. The van der Waals surface area contributed by atoms with E-state index in [1.54, 1.807) is 0 Å². The number of benzene rings is 2. The molecule has 1 fully saturated rings. The summed E-state index contributed by atoms with van der Waals surface area (Å²) in [5.74, 6) is 0.559. The highest BCUT2D eigenvalue weighted by Crippen LogP contribution is 2.32. The Morgan fingerprint density at radius 2 is 1.68 bits per heavy atom. The predicted octanol–water partition coefficient (Wildman–Crippen LogP) is 4.86. The largest absolute Gasteiger partial charge is 0.337 e. The van der Waals surface area contributed by atoms with Crippen LogP contribution in [0.1, 0.15) is 49.8 Å². The number of carbonyl (C=O) groups excluding carboxylic acids is 1. The molecule has 4 rings (SSSR count). The highest BCUT2D eigenvalue weighted by Gasteiger charge is 2.33. The first-order valence-electron chi connectivity index (χ1n) is 9.84. The van der Waals surface area contributed by atoms with E-state index in [9.17, 15) is 4.79 Å². The Hall–Kier alpha value is -2.88. The van der Waals surface area contributed by atoms with Gasteiger partial charge in [-0.2, -0.15) is 5.10 Å². The second-order valence-electron chi connectivity index (χ2n) is 8.11. The lowest BCUT2D eigenvalue weighted by atomic mass is 9.89. The normalized spacial score (nSPS) is 14.2. The number of nitrogens with one attached hydrogen (secondary N) is 1. The highest BCUT2D eigenvalue weighted by atomic mass is 16.2. The molecule has 0 bridgehead atoms. The second kappa shape index (κ2) is 6.93. The molecule has 1 aliphatic rings. The quantitative estimate of drug-likeness (QED) is 0.713. The number of rotatable bonds is 3. The van der Waals surface area contributed by atoms with Crippen LogP contribution >= 0.6 is 0 Å². The molecular weight excluding hydrogens is 346 g/mol. The van der Waals surface area contributed by atoms with Crippen LogP contribution in [0.3, 0.4) is 0 Å². The summed E-state index contributed by atoms with van der Waals surface area (Å²) in [6.45, 7) is 11.8. The van der Waals surface area contributed by atoms with Gasteiger partial charge in [-0.15, -0.1) is 0 Å². The van der Waals surface area contributed by atoms with Crippen molar-refractivity contribution in [3.05, 3.63) is 75.5 Å². The molecule has 28 heavy (non-hydrogen) atoms. The topological polar surface area (TPSA) is 49.0 Å². The summed E-state index contributed by atoms with van der Waals surface area (Å²) in [6, 6.07) is 12.8. The average Bonchev–Trinajstić information content (AvgIpc) is 2.94. The lowest BCUT2D eigenvalue weighted by Crippen LogP contribution is -2.48. The van der Waals surface area contributed by atoms with Crippen LogP contribution in [0.15, 0.2) is 36.4 Å². The molecule has 0 radical (unpaired) electrons. The number of carbonyl (C=O) groups is 1. The lowest BCUT2D eigenvalue weighted by molar-refractivity contribution is 0.0601. The van der Waals surface area contributed by atoms with Crippen molar-refractivity contribution in [2.24, 2.45) is 0 Å². The Balaban J connectivity index is 1.57. The number of aromatic amines is 1. The van der Waals surface area contributed by atoms with Gasteiger partial charge >= 0.3 is 0 Å². The zero-order valence-corrected chi connectivity index (χ0v) is 17.3. The van der Waals surface area contributed by atoms with Crippen LogP contribution in [0.2, 0.25) is 0 Å². The molecule has 0 aliphatic carbocycles. The molecule has 3 aromatic rings. The van der Waals surface area contributed by atoms with Gasteiger partial charge < -0.3 is 4.90 Å². The molecule has 4 nitrogen and oxygen atoms in total. The van der Waals surface area contributed by atoms with E-state index >= 15 is 0 Å². The van der Waals surface area contributed by atoms with E-state index in [1.165, 1.54) is 11.1 Å². The van der Waals surface area contributed by atoms with E-state index in [1.807, 2.05) is 24.8 Å². The molecule has 0 saturated carbocycles. The molecule has 2 heterocycles. The molecule has 1 aromatic heterocycles. The summed E-state index contributed by atoms with van der Waals surface area (Å²) in [7, 11) is 0. The van der Waals surface area contributed by atoms with Crippen molar-refractivity contribution in [2.45, 2.75) is 40.5 Å². The van der Waals surface area contributed by atoms with E-state index < -0.39 is 0 Å². The fourth-order valence-corrected chi connectivity index (χ4v) is 3.97. The summed E-state index contributed by atoms with van der Waals surface area (Å²) < 4.78 is 0. The van der Waals surface area contributed by atoms with Gasteiger partial charge in [0, 0.05) is 30.1 Å². The van der Waals surface area contributed by atoms with Crippen molar-refractivity contribution < 1.29 is 4.79 Å². The summed E-state index contributed by atoms with van der Waals surface area (Å²) in [4.78, 5) is 15.1. The third-order valence-electron chi connectivity index (χ3n) is 6.04. The number of hydrogen-bond acceptors (Lipinski definition) is 2. The maximum atomic E-state index is 13.2. The van der Waals surface area contributed by atoms with Gasteiger partial charge in [0.1, 0.15) is 0 Å². The predicted molar refractivity (Wildman–Crippen MR) is 113 cm³/mol. The maximum Gasteiger partial charge on any atom is 0.254 e. The molecule has 144 valence electrons. The van der Waals surface area contributed by atoms with E-state index in [4.69, 9.17) is 0 Å². The number of aromatic nitrogens is 2. The van der Waals surface area contributed by atoms with Crippen LogP contribution in [-0.2, 0) is 0 Å². The van der Waals surface area contributed by atoms with Crippen LogP contribution in [-0.4, -0.2) is 34.1 Å². The minimum Gasteiger partial charge on any atom is -0.337 e. The second-order valence-corrected chi connectivity index (χ2v) is 8.11. The fraction of sp³-hybridized carbons (Fsp3) is 0.333. The molecule has 4 heteroatoms. The Kier molecular flexibility index (Phi) is 4.58. The summed E-state index contributed by atoms with van der Waals surface area (Å²) >= 11 is 0. The highest BCUT2D eigenvalue weighted by molar-refractivity contribution is 5.98. The van der Waals surface area contributed by atoms with Gasteiger partial charge in [0.25, 0.3) is 5.91 Å². The van der Waals surface area contributed by atoms with Gasteiger partial charge in [-0.25, -0.2) is 0 Å². The number of hydrogen-bond donors (Lipinski definition) is 1. The van der Waals surface area contributed by atoms with Crippen molar-refractivity contribution in [1.29, 1.82) is 0 Å². The van der Waals surface area contributed by atoms with Crippen LogP contribution < -0.4 is 0 Å². The molecule has 1 aliphatic heterocycles. The van der Waals surface area contributed by atoms with Crippen LogP contribution in [0.25, 0.3) is 11.3 Å². The zero-order valence-electron chi connectivity index (χ0n) is 17.3. The first kappa shape index (κ1) is 18.5. The summed E-state index contributed by atoms with van der Waals surface area (Å²) in [5, 5.41) is 7.45. The molecule has 1 amide bonds. The van der Waals surface area contributed by atoms with E-state index in [2.05, 4.69) is 61.3 Å². The van der Waals surface area contributed by atoms with E-state index in [-0.39, 0.29) is 5.91 Å². The smallest absolute Gasteiger partial charge is 0.254 e. The molecule has 0 unspecified atom stereocenters.